The molecule has 0 aliphatic carbocycles. The predicted molar refractivity (Wildman–Crippen MR) is 80.8 cm³/mol. The molecule has 0 saturated carbocycles. The summed E-state index contributed by atoms with van der Waals surface area (Å²) in [6, 6.07) is 4.15. The number of nitriles is 1. The molecule has 1 heterocycles. The first-order valence-electron chi connectivity index (χ1n) is 6.05. The van der Waals surface area contributed by atoms with Crippen LogP contribution in [0.3, 0.4) is 0 Å². The lowest BCUT2D eigenvalue weighted by Crippen LogP contribution is -2.31. The molecule has 0 fully saturated rings. The van der Waals surface area contributed by atoms with Crippen LogP contribution >= 0.6 is 27.3 Å². The Bertz CT molecular complexity index is 455. The van der Waals surface area contributed by atoms with E-state index in [9.17, 15) is 4.79 Å². The highest BCUT2D eigenvalue weighted by Gasteiger charge is 2.10. The fourth-order valence-corrected chi connectivity index (χ4v) is 3.13. The van der Waals surface area contributed by atoms with Crippen LogP contribution in [-0.4, -0.2) is 42.9 Å². The van der Waals surface area contributed by atoms with Gasteiger partial charge in [-0.3, -0.25) is 4.79 Å². The van der Waals surface area contributed by atoms with E-state index in [-0.39, 0.29) is 5.91 Å². The van der Waals surface area contributed by atoms with Crippen molar-refractivity contribution < 1.29 is 4.79 Å². The van der Waals surface area contributed by atoms with E-state index in [0.717, 1.165) is 17.6 Å². The van der Waals surface area contributed by atoms with Crippen LogP contribution in [0.5, 0.6) is 0 Å². The summed E-state index contributed by atoms with van der Waals surface area (Å²) in [6.45, 7) is 2.09. The van der Waals surface area contributed by atoms with E-state index in [1.165, 1.54) is 4.88 Å². The summed E-state index contributed by atoms with van der Waals surface area (Å²) in [5.41, 5.74) is 0. The second kappa shape index (κ2) is 8.31. The summed E-state index contributed by atoms with van der Waals surface area (Å²) in [5.74, 6) is 0.0921. The van der Waals surface area contributed by atoms with Crippen molar-refractivity contribution in [3.8, 4) is 6.07 Å². The molecular formula is C13H18BrN3OS. The summed E-state index contributed by atoms with van der Waals surface area (Å²) in [5, 5.41) is 10.5. The lowest BCUT2D eigenvalue weighted by atomic mass is 10.3. The molecule has 0 bridgehead atoms. The molecule has 1 rings (SSSR count). The van der Waals surface area contributed by atoms with E-state index >= 15 is 0 Å². The molecule has 6 heteroatoms. The summed E-state index contributed by atoms with van der Waals surface area (Å²) < 4.78 is 1.10. The molecule has 0 saturated heterocycles. The van der Waals surface area contributed by atoms with Crippen LogP contribution in [0.4, 0.5) is 0 Å². The van der Waals surface area contributed by atoms with Gasteiger partial charge in [-0.2, -0.15) is 5.26 Å². The summed E-state index contributed by atoms with van der Waals surface area (Å²) in [7, 11) is 3.76. The van der Waals surface area contributed by atoms with Gasteiger partial charge in [0.2, 0.25) is 5.91 Å². The minimum Gasteiger partial charge on any atom is -0.345 e. The standard InChI is InChI=1S/C13H18BrN3OS/c1-16(9-12-8-11(14)10-19-12)7-4-13(18)17(2)6-3-5-15/h8,10H,3-4,6-7,9H2,1-2H3. The van der Waals surface area contributed by atoms with E-state index in [4.69, 9.17) is 5.26 Å². The van der Waals surface area contributed by atoms with Gasteiger partial charge in [0.25, 0.3) is 0 Å². The average molecular weight is 344 g/mol. The molecule has 104 valence electrons. The monoisotopic (exact) mass is 343 g/mol. The number of rotatable bonds is 7. The molecule has 1 amide bonds. The van der Waals surface area contributed by atoms with Crippen LogP contribution in [0.15, 0.2) is 15.9 Å². The number of carbonyl (C=O) groups excluding carboxylic acids is 1. The van der Waals surface area contributed by atoms with E-state index < -0.39 is 0 Å². The lowest BCUT2D eigenvalue weighted by molar-refractivity contribution is -0.130. The minimum atomic E-state index is 0.0921. The molecule has 19 heavy (non-hydrogen) atoms. The maximum absolute atomic E-state index is 11.8. The van der Waals surface area contributed by atoms with Gasteiger partial charge in [0.1, 0.15) is 0 Å². The molecule has 0 unspecified atom stereocenters. The molecule has 0 aromatic carbocycles. The van der Waals surface area contributed by atoms with Crippen LogP contribution in [0.2, 0.25) is 0 Å². The van der Waals surface area contributed by atoms with Crippen LogP contribution in [0.1, 0.15) is 17.7 Å². The second-order valence-electron chi connectivity index (χ2n) is 4.44. The smallest absolute Gasteiger partial charge is 0.223 e. The summed E-state index contributed by atoms with van der Waals surface area (Å²) >= 11 is 5.14. The van der Waals surface area contributed by atoms with Crippen molar-refractivity contribution >= 4 is 33.2 Å². The fourth-order valence-electron chi connectivity index (χ4n) is 1.60. The number of carbonyl (C=O) groups is 1. The van der Waals surface area contributed by atoms with Crippen molar-refractivity contribution in [2.75, 3.05) is 27.2 Å². The van der Waals surface area contributed by atoms with E-state index in [2.05, 4.69) is 32.3 Å². The predicted octanol–water partition coefficient (Wildman–Crippen LogP) is 2.70. The number of thiophene rings is 1. The van der Waals surface area contributed by atoms with E-state index in [1.54, 1.807) is 23.3 Å². The molecule has 0 atom stereocenters. The molecule has 0 N–H and O–H groups in total. The third-order valence-electron chi connectivity index (χ3n) is 2.74. The Labute approximate surface area is 126 Å². The van der Waals surface area contributed by atoms with Gasteiger partial charge in [0, 0.05) is 47.8 Å². The Kier molecular flexibility index (Phi) is 7.06. The average Bonchev–Trinajstić information content (AvgIpc) is 2.78. The summed E-state index contributed by atoms with van der Waals surface area (Å²) in [4.78, 5) is 16.8. The topological polar surface area (TPSA) is 47.3 Å². The zero-order chi connectivity index (χ0) is 14.3. The Morgan fingerprint density at radius 2 is 2.21 bits per heavy atom. The Morgan fingerprint density at radius 3 is 2.79 bits per heavy atom. The molecule has 4 nitrogen and oxygen atoms in total. The highest BCUT2D eigenvalue weighted by atomic mass is 79.9. The number of nitrogens with zero attached hydrogens (tertiary/aromatic N) is 3. The normalized spacial score (nSPS) is 10.5. The summed E-state index contributed by atoms with van der Waals surface area (Å²) in [6.07, 6.45) is 0.881. The zero-order valence-electron chi connectivity index (χ0n) is 11.2. The molecule has 1 aromatic heterocycles. The number of amides is 1. The first kappa shape index (κ1) is 16.2. The highest BCUT2D eigenvalue weighted by Crippen LogP contribution is 2.20. The van der Waals surface area contributed by atoms with Crippen LogP contribution in [-0.2, 0) is 11.3 Å². The SMILES string of the molecule is CN(CCC(=O)N(C)CCC#N)Cc1cc(Br)cs1. The van der Waals surface area contributed by atoms with Crippen molar-refractivity contribution in [2.24, 2.45) is 0 Å². The molecular weight excluding hydrogens is 326 g/mol. The first-order valence-corrected chi connectivity index (χ1v) is 7.72. The van der Waals surface area contributed by atoms with Gasteiger partial charge in [0.15, 0.2) is 0 Å². The largest absolute Gasteiger partial charge is 0.345 e. The van der Waals surface area contributed by atoms with Gasteiger partial charge in [-0.25, -0.2) is 0 Å². The number of hydrogen-bond acceptors (Lipinski definition) is 4. The maximum Gasteiger partial charge on any atom is 0.223 e. The Hall–Kier alpha value is -0.900. The third-order valence-corrected chi connectivity index (χ3v) is 4.42. The first-order chi connectivity index (χ1) is 9.02. The van der Waals surface area contributed by atoms with Gasteiger partial charge in [0.05, 0.1) is 12.5 Å². The molecule has 0 aliphatic rings. The van der Waals surface area contributed by atoms with Gasteiger partial charge in [-0.1, -0.05) is 0 Å². The van der Waals surface area contributed by atoms with Gasteiger partial charge >= 0.3 is 0 Å². The Balaban J connectivity index is 2.28. The van der Waals surface area contributed by atoms with Crippen LogP contribution in [0, 0.1) is 11.3 Å². The molecule has 1 aromatic rings. The van der Waals surface area contributed by atoms with Crippen molar-refractivity contribution in [3.63, 3.8) is 0 Å². The maximum atomic E-state index is 11.8. The minimum absolute atomic E-state index is 0.0921. The third kappa shape index (κ3) is 6.19. The lowest BCUT2D eigenvalue weighted by Gasteiger charge is -2.19. The quantitative estimate of drug-likeness (QED) is 0.764. The Morgan fingerprint density at radius 1 is 1.47 bits per heavy atom. The number of halogens is 1. The van der Waals surface area contributed by atoms with E-state index in [1.807, 2.05) is 13.1 Å². The van der Waals surface area contributed by atoms with Crippen molar-refractivity contribution in [2.45, 2.75) is 19.4 Å². The second-order valence-corrected chi connectivity index (χ2v) is 6.35. The van der Waals surface area contributed by atoms with Gasteiger partial charge < -0.3 is 9.80 Å². The van der Waals surface area contributed by atoms with Crippen molar-refractivity contribution in [1.29, 1.82) is 5.26 Å². The fraction of sp³-hybridized carbons (Fsp3) is 0.538. The molecule has 0 aliphatic heterocycles. The molecule has 0 radical (unpaired) electrons. The zero-order valence-corrected chi connectivity index (χ0v) is 13.6. The van der Waals surface area contributed by atoms with Crippen molar-refractivity contribution in [3.05, 3.63) is 20.8 Å². The van der Waals surface area contributed by atoms with Gasteiger partial charge in [-0.15, -0.1) is 11.3 Å². The highest BCUT2D eigenvalue weighted by molar-refractivity contribution is 9.10. The van der Waals surface area contributed by atoms with Gasteiger partial charge in [-0.05, 0) is 29.0 Å². The molecule has 0 spiro atoms. The van der Waals surface area contributed by atoms with Crippen LogP contribution < -0.4 is 0 Å². The van der Waals surface area contributed by atoms with Crippen molar-refractivity contribution in [1.82, 2.24) is 9.80 Å². The number of hydrogen-bond donors (Lipinski definition) is 0. The van der Waals surface area contributed by atoms with Crippen LogP contribution in [0.25, 0.3) is 0 Å². The van der Waals surface area contributed by atoms with E-state index in [0.29, 0.717) is 19.4 Å².